The lowest BCUT2D eigenvalue weighted by atomic mass is 10.1. The Morgan fingerprint density at radius 1 is 1.50 bits per heavy atom. The third-order valence-corrected chi connectivity index (χ3v) is 2.21. The van der Waals surface area contributed by atoms with Gasteiger partial charge in [0.05, 0.1) is 11.2 Å². The van der Waals surface area contributed by atoms with E-state index < -0.39 is 0 Å². The van der Waals surface area contributed by atoms with Crippen molar-refractivity contribution in [1.82, 2.24) is 9.61 Å². The molecule has 2 heterocycles. The largest absolute Gasteiger partial charge is 0.328 e. The second-order valence-corrected chi connectivity index (χ2v) is 3.87. The van der Waals surface area contributed by atoms with Crippen molar-refractivity contribution in [2.75, 3.05) is 0 Å². The van der Waals surface area contributed by atoms with Gasteiger partial charge in [0.25, 0.3) is 0 Å². The van der Waals surface area contributed by atoms with Crippen molar-refractivity contribution in [1.29, 1.82) is 0 Å². The first-order valence-corrected chi connectivity index (χ1v) is 4.85. The number of aryl methyl sites for hydroxylation is 1. The van der Waals surface area contributed by atoms with Crippen molar-refractivity contribution in [2.45, 2.75) is 26.3 Å². The minimum atomic E-state index is 0.210. The zero-order valence-corrected chi connectivity index (χ0v) is 8.57. The van der Waals surface area contributed by atoms with Gasteiger partial charge in [-0.25, -0.2) is 4.52 Å². The van der Waals surface area contributed by atoms with Gasteiger partial charge in [0.15, 0.2) is 0 Å². The topological polar surface area (TPSA) is 43.3 Å². The molecule has 0 saturated carbocycles. The van der Waals surface area contributed by atoms with Crippen molar-refractivity contribution in [3.63, 3.8) is 0 Å². The van der Waals surface area contributed by atoms with E-state index in [0.717, 1.165) is 17.6 Å². The zero-order valence-electron chi connectivity index (χ0n) is 8.57. The standard InChI is InChI=1S/C11H15N3/c1-8(12)5-10-3-4-14-11(7-10)6-9(2)13-14/h3-4,6-8H,5,12H2,1-2H3. The van der Waals surface area contributed by atoms with E-state index in [4.69, 9.17) is 5.73 Å². The number of aromatic nitrogens is 2. The highest BCUT2D eigenvalue weighted by Crippen LogP contribution is 2.10. The minimum absolute atomic E-state index is 0.210. The van der Waals surface area contributed by atoms with E-state index in [1.165, 1.54) is 5.56 Å². The van der Waals surface area contributed by atoms with Crippen LogP contribution in [0.4, 0.5) is 0 Å². The van der Waals surface area contributed by atoms with Crippen LogP contribution in [0.25, 0.3) is 5.52 Å². The normalized spacial score (nSPS) is 13.4. The summed E-state index contributed by atoms with van der Waals surface area (Å²) < 4.78 is 1.89. The summed E-state index contributed by atoms with van der Waals surface area (Å²) in [6, 6.07) is 6.50. The Morgan fingerprint density at radius 3 is 3.00 bits per heavy atom. The smallest absolute Gasteiger partial charge is 0.0667 e. The van der Waals surface area contributed by atoms with Crippen LogP contribution < -0.4 is 5.73 Å². The Balaban J connectivity index is 2.40. The van der Waals surface area contributed by atoms with E-state index >= 15 is 0 Å². The maximum absolute atomic E-state index is 5.75. The van der Waals surface area contributed by atoms with Gasteiger partial charge in [-0.2, -0.15) is 5.10 Å². The quantitative estimate of drug-likeness (QED) is 0.778. The van der Waals surface area contributed by atoms with Crippen LogP contribution in [0.2, 0.25) is 0 Å². The predicted octanol–water partition coefficient (Wildman–Crippen LogP) is 1.53. The molecule has 2 aromatic rings. The molecule has 74 valence electrons. The molecule has 0 saturated heterocycles. The molecular formula is C11H15N3. The van der Waals surface area contributed by atoms with Crippen LogP contribution in [-0.4, -0.2) is 15.7 Å². The van der Waals surface area contributed by atoms with Crippen LogP contribution in [-0.2, 0) is 6.42 Å². The first kappa shape index (κ1) is 9.21. The van der Waals surface area contributed by atoms with Gasteiger partial charge in [-0.1, -0.05) is 0 Å². The average Bonchev–Trinajstić information content (AvgIpc) is 2.42. The molecule has 0 aliphatic rings. The number of rotatable bonds is 2. The van der Waals surface area contributed by atoms with Crippen molar-refractivity contribution >= 4 is 5.52 Å². The van der Waals surface area contributed by atoms with E-state index in [9.17, 15) is 0 Å². The van der Waals surface area contributed by atoms with Gasteiger partial charge in [-0.15, -0.1) is 0 Å². The third kappa shape index (κ3) is 1.77. The number of nitrogens with two attached hydrogens (primary N) is 1. The van der Waals surface area contributed by atoms with Crippen molar-refractivity contribution < 1.29 is 0 Å². The van der Waals surface area contributed by atoms with Crippen LogP contribution in [0, 0.1) is 6.92 Å². The molecule has 0 fully saturated rings. The van der Waals surface area contributed by atoms with Gasteiger partial charge in [0.1, 0.15) is 0 Å². The summed E-state index contributed by atoms with van der Waals surface area (Å²) in [5, 5.41) is 4.32. The molecule has 14 heavy (non-hydrogen) atoms. The summed E-state index contributed by atoms with van der Waals surface area (Å²) in [5.41, 5.74) is 9.21. The SMILES string of the molecule is Cc1cc2cc(CC(C)N)ccn2n1. The van der Waals surface area contributed by atoms with Crippen molar-refractivity contribution in [3.05, 3.63) is 35.7 Å². The van der Waals surface area contributed by atoms with Crippen LogP contribution in [0.15, 0.2) is 24.4 Å². The molecule has 2 rings (SSSR count). The average molecular weight is 189 g/mol. The van der Waals surface area contributed by atoms with E-state index in [0.29, 0.717) is 0 Å². The molecule has 1 unspecified atom stereocenters. The molecule has 3 heteroatoms. The maximum atomic E-state index is 5.75. The highest BCUT2D eigenvalue weighted by molar-refractivity contribution is 5.49. The fourth-order valence-electron chi connectivity index (χ4n) is 1.67. The summed E-state index contributed by atoms with van der Waals surface area (Å²) in [6.07, 6.45) is 2.90. The van der Waals surface area contributed by atoms with Crippen LogP contribution in [0.3, 0.4) is 0 Å². The lowest BCUT2D eigenvalue weighted by molar-refractivity contribution is 0.736. The third-order valence-electron chi connectivity index (χ3n) is 2.21. The molecule has 0 amide bonds. The van der Waals surface area contributed by atoms with Gasteiger partial charge >= 0.3 is 0 Å². The Labute approximate surface area is 83.5 Å². The maximum Gasteiger partial charge on any atom is 0.0667 e. The Hall–Kier alpha value is -1.35. The van der Waals surface area contributed by atoms with Gasteiger partial charge in [-0.05, 0) is 44.0 Å². The zero-order chi connectivity index (χ0) is 10.1. The summed E-state index contributed by atoms with van der Waals surface area (Å²) in [6.45, 7) is 4.02. The molecule has 0 radical (unpaired) electrons. The first-order chi connectivity index (χ1) is 6.65. The molecule has 0 spiro atoms. The number of pyridine rings is 1. The van der Waals surface area contributed by atoms with Gasteiger partial charge in [0, 0.05) is 12.2 Å². The van der Waals surface area contributed by atoms with Crippen molar-refractivity contribution in [3.8, 4) is 0 Å². The van der Waals surface area contributed by atoms with E-state index in [1.54, 1.807) is 0 Å². The molecule has 0 aliphatic heterocycles. The molecule has 3 nitrogen and oxygen atoms in total. The number of hydrogen-bond donors (Lipinski definition) is 1. The highest BCUT2D eigenvalue weighted by atomic mass is 15.2. The van der Waals surface area contributed by atoms with Crippen LogP contribution in [0.5, 0.6) is 0 Å². The summed E-state index contributed by atoms with van der Waals surface area (Å²) in [4.78, 5) is 0. The lowest BCUT2D eigenvalue weighted by Crippen LogP contribution is -2.17. The number of fused-ring (bicyclic) bond motifs is 1. The Kier molecular flexibility index (Phi) is 2.25. The summed E-state index contributed by atoms with van der Waals surface area (Å²) in [5.74, 6) is 0. The molecule has 1 atom stereocenters. The molecule has 0 bridgehead atoms. The van der Waals surface area contributed by atoms with E-state index in [1.807, 2.05) is 24.6 Å². The second kappa shape index (κ2) is 3.42. The summed E-state index contributed by atoms with van der Waals surface area (Å²) in [7, 11) is 0. The molecule has 2 aromatic heterocycles. The van der Waals surface area contributed by atoms with Crippen LogP contribution in [0.1, 0.15) is 18.2 Å². The molecule has 0 aliphatic carbocycles. The minimum Gasteiger partial charge on any atom is -0.328 e. The van der Waals surface area contributed by atoms with Gasteiger partial charge < -0.3 is 5.73 Å². The molecule has 2 N–H and O–H groups in total. The van der Waals surface area contributed by atoms with Crippen LogP contribution >= 0.6 is 0 Å². The van der Waals surface area contributed by atoms with Gasteiger partial charge in [0.2, 0.25) is 0 Å². The number of nitrogens with zero attached hydrogens (tertiary/aromatic N) is 2. The first-order valence-electron chi connectivity index (χ1n) is 4.85. The monoisotopic (exact) mass is 189 g/mol. The van der Waals surface area contributed by atoms with Gasteiger partial charge in [-0.3, -0.25) is 0 Å². The lowest BCUT2D eigenvalue weighted by Gasteiger charge is -2.04. The fourth-order valence-corrected chi connectivity index (χ4v) is 1.67. The summed E-state index contributed by atoms with van der Waals surface area (Å²) >= 11 is 0. The number of hydrogen-bond acceptors (Lipinski definition) is 2. The Bertz CT molecular complexity index is 443. The predicted molar refractivity (Wildman–Crippen MR) is 57.3 cm³/mol. The molecular weight excluding hydrogens is 174 g/mol. The molecule has 0 aromatic carbocycles. The fraction of sp³-hybridized carbons (Fsp3) is 0.364. The van der Waals surface area contributed by atoms with Crippen molar-refractivity contribution in [2.24, 2.45) is 5.73 Å². The van der Waals surface area contributed by atoms with E-state index in [2.05, 4.69) is 23.3 Å². The second-order valence-electron chi connectivity index (χ2n) is 3.87. The van der Waals surface area contributed by atoms with E-state index in [-0.39, 0.29) is 6.04 Å². The highest BCUT2D eigenvalue weighted by Gasteiger charge is 2.01. The Morgan fingerprint density at radius 2 is 2.29 bits per heavy atom.